The Labute approximate surface area is 372 Å². The van der Waals surface area contributed by atoms with Crippen LogP contribution in [0.15, 0.2) is 194 Å². The van der Waals surface area contributed by atoms with E-state index in [1.165, 1.54) is 22.1 Å². The highest BCUT2D eigenvalue weighted by Crippen LogP contribution is 2.47. The third-order valence-corrected chi connectivity index (χ3v) is 12.9. The number of hydrogen-bond acceptors (Lipinski definition) is 6. The van der Waals surface area contributed by atoms with E-state index in [2.05, 4.69) is 145 Å². The molecule has 0 bridgehead atoms. The van der Waals surface area contributed by atoms with Gasteiger partial charge in [-0.15, -0.1) is 0 Å². The number of benzene rings is 9. The molecule has 302 valence electrons. The van der Waals surface area contributed by atoms with Crippen LogP contribution in [0.4, 0.5) is 34.1 Å². The summed E-state index contributed by atoms with van der Waals surface area (Å²) in [6.07, 6.45) is 0. The number of anilines is 6. The van der Waals surface area contributed by atoms with Gasteiger partial charge in [-0.2, -0.15) is 0 Å². The maximum absolute atomic E-state index is 7.13. The van der Waals surface area contributed by atoms with E-state index >= 15 is 0 Å². The van der Waals surface area contributed by atoms with Crippen LogP contribution in [0.3, 0.4) is 0 Å². The second kappa shape index (κ2) is 14.2. The van der Waals surface area contributed by atoms with Crippen LogP contribution in [0, 0.1) is 13.8 Å². The maximum atomic E-state index is 7.13. The van der Waals surface area contributed by atoms with Gasteiger partial charge in [0.1, 0.15) is 46.0 Å². The van der Waals surface area contributed by atoms with E-state index in [1.54, 1.807) is 0 Å². The molecule has 8 heteroatoms. The van der Waals surface area contributed by atoms with Crippen molar-refractivity contribution in [3.05, 3.63) is 205 Å². The monoisotopic (exact) mass is 824 g/mol. The molecular weight excluding hydrogens is 786 g/mol. The highest BCUT2D eigenvalue weighted by atomic mass is 16.5. The summed E-state index contributed by atoms with van der Waals surface area (Å²) in [5.41, 5.74) is 15.6. The normalized spacial score (nSPS) is 13.3. The molecule has 13 rings (SSSR count). The van der Waals surface area contributed by atoms with Crippen molar-refractivity contribution < 1.29 is 18.9 Å². The molecule has 0 saturated heterocycles. The summed E-state index contributed by atoms with van der Waals surface area (Å²) < 4.78 is 27.4. The molecule has 0 aromatic heterocycles. The fourth-order valence-corrected chi connectivity index (χ4v) is 10.2. The van der Waals surface area contributed by atoms with Gasteiger partial charge in [-0.25, -0.2) is 0 Å². The highest BCUT2D eigenvalue weighted by Gasteiger charge is 2.47. The lowest BCUT2D eigenvalue weighted by molar-refractivity contribution is 0.451. The molecule has 0 radical (unpaired) electrons. The molecule has 0 aliphatic carbocycles. The van der Waals surface area contributed by atoms with Crippen molar-refractivity contribution in [1.82, 2.24) is 0 Å². The first-order valence-electron chi connectivity index (χ1n) is 21.8. The van der Waals surface area contributed by atoms with Crippen LogP contribution in [0.25, 0.3) is 0 Å². The van der Waals surface area contributed by atoms with Gasteiger partial charge in [-0.05, 0) is 118 Å². The zero-order chi connectivity index (χ0) is 42.5. The van der Waals surface area contributed by atoms with Gasteiger partial charge in [0, 0.05) is 64.5 Å². The zero-order valence-electron chi connectivity index (χ0n) is 35.2. The van der Waals surface area contributed by atoms with E-state index in [0.717, 1.165) is 90.5 Å². The minimum absolute atomic E-state index is 0.134. The Kier molecular flexibility index (Phi) is 8.13. The topological polar surface area (TPSA) is 43.4 Å². The average molecular weight is 825 g/mol. The minimum Gasteiger partial charge on any atom is -0.458 e. The molecule has 9 aromatic rings. The SMILES string of the molecule is Cc1ccc2c(c1)N(c1ccccc1)c1cc(Oc3ccccc3)cc3c1B2c1cc2c(cc1O3)Oc1cc(Oc3ccccc3)cc3c1B2c1ccc(C)cc1N3c1ccccc1. The quantitative estimate of drug-likeness (QED) is 0.156. The lowest BCUT2D eigenvalue weighted by Crippen LogP contribution is -2.63. The molecule has 9 aromatic carbocycles. The summed E-state index contributed by atoms with van der Waals surface area (Å²) in [5.74, 6) is 5.91. The third-order valence-electron chi connectivity index (χ3n) is 12.9. The van der Waals surface area contributed by atoms with Crippen LogP contribution in [-0.4, -0.2) is 13.4 Å². The Hall–Kier alpha value is -8.09. The number of rotatable bonds is 6. The van der Waals surface area contributed by atoms with Gasteiger partial charge in [0.25, 0.3) is 13.4 Å². The lowest BCUT2D eigenvalue weighted by Gasteiger charge is -2.42. The third kappa shape index (κ3) is 5.76. The fourth-order valence-electron chi connectivity index (χ4n) is 10.2. The van der Waals surface area contributed by atoms with Gasteiger partial charge >= 0.3 is 0 Å². The summed E-state index contributed by atoms with van der Waals surface area (Å²) in [6.45, 7) is 4.06. The van der Waals surface area contributed by atoms with E-state index in [0.29, 0.717) is 11.5 Å². The fraction of sp³-hybridized carbons (Fsp3) is 0.0357. The molecule has 4 aliphatic rings. The van der Waals surface area contributed by atoms with Gasteiger partial charge in [-0.3, -0.25) is 0 Å². The van der Waals surface area contributed by atoms with Gasteiger partial charge < -0.3 is 28.7 Å². The van der Waals surface area contributed by atoms with Crippen molar-refractivity contribution in [3.8, 4) is 46.0 Å². The van der Waals surface area contributed by atoms with Gasteiger partial charge in [0.2, 0.25) is 0 Å². The van der Waals surface area contributed by atoms with Crippen molar-refractivity contribution in [3.63, 3.8) is 0 Å². The Morgan fingerprint density at radius 1 is 0.344 bits per heavy atom. The standard InChI is InChI=1S/C56H38B2N2O4/c1-35-23-25-43-47(27-35)59(37-15-7-3-8-16-37)49-29-41(61-39-19-11-5-12-20-39)31-53-55(49)57(43)45-33-46-52(34-51(45)63-53)64-54-32-42(62-40-21-13-6-14-22-40)30-50-56(54)58(46)44-26-24-36(2)28-48(44)60(50)38-17-9-4-10-18-38/h3-34H,1-2H3. The van der Waals surface area contributed by atoms with Crippen molar-refractivity contribution in [2.24, 2.45) is 0 Å². The van der Waals surface area contributed by atoms with Crippen LogP contribution in [0.5, 0.6) is 46.0 Å². The van der Waals surface area contributed by atoms with Gasteiger partial charge in [0.15, 0.2) is 0 Å². The molecule has 0 unspecified atom stereocenters. The Morgan fingerprint density at radius 3 is 1.17 bits per heavy atom. The minimum atomic E-state index is -0.134. The number of hydrogen-bond donors (Lipinski definition) is 0. The van der Waals surface area contributed by atoms with Crippen LogP contribution in [0.1, 0.15) is 11.1 Å². The van der Waals surface area contributed by atoms with E-state index in [4.69, 9.17) is 18.9 Å². The van der Waals surface area contributed by atoms with Crippen molar-refractivity contribution in [2.75, 3.05) is 9.80 Å². The molecule has 0 fully saturated rings. The summed E-state index contributed by atoms with van der Waals surface area (Å²) in [7, 11) is 0. The van der Waals surface area contributed by atoms with Gasteiger partial charge in [-0.1, -0.05) is 103 Å². The summed E-state index contributed by atoms with van der Waals surface area (Å²) in [5, 5.41) is 0. The van der Waals surface area contributed by atoms with Crippen LogP contribution in [0.2, 0.25) is 0 Å². The number of fused-ring (bicyclic) bond motifs is 8. The van der Waals surface area contributed by atoms with E-state index in [-0.39, 0.29) is 13.4 Å². The van der Waals surface area contributed by atoms with Crippen molar-refractivity contribution >= 4 is 80.3 Å². The van der Waals surface area contributed by atoms with Crippen molar-refractivity contribution in [2.45, 2.75) is 13.8 Å². The first-order chi connectivity index (χ1) is 31.5. The average Bonchev–Trinajstić information content (AvgIpc) is 3.32. The molecule has 0 atom stereocenters. The van der Waals surface area contributed by atoms with Crippen molar-refractivity contribution in [1.29, 1.82) is 0 Å². The predicted molar refractivity (Wildman–Crippen MR) is 261 cm³/mol. The van der Waals surface area contributed by atoms with Gasteiger partial charge in [0.05, 0.1) is 0 Å². The smallest absolute Gasteiger partial charge is 0.256 e. The molecule has 0 saturated carbocycles. The molecule has 64 heavy (non-hydrogen) atoms. The largest absolute Gasteiger partial charge is 0.458 e. The maximum Gasteiger partial charge on any atom is 0.256 e. The van der Waals surface area contributed by atoms with Crippen LogP contribution in [-0.2, 0) is 0 Å². The molecule has 0 spiro atoms. The molecule has 4 aliphatic heterocycles. The lowest BCUT2D eigenvalue weighted by atomic mass is 9.31. The molecule has 4 heterocycles. The molecule has 6 nitrogen and oxygen atoms in total. The Bertz CT molecular complexity index is 3110. The summed E-state index contributed by atoms with van der Waals surface area (Å²) >= 11 is 0. The molecule has 0 N–H and O–H groups in total. The Balaban J connectivity index is 1.04. The van der Waals surface area contributed by atoms with Crippen LogP contribution < -0.4 is 61.5 Å². The molecule has 0 amide bonds. The number of aryl methyl sites for hydroxylation is 2. The van der Waals surface area contributed by atoms with Crippen LogP contribution >= 0.6 is 0 Å². The first-order valence-corrected chi connectivity index (χ1v) is 21.8. The Morgan fingerprint density at radius 2 is 0.750 bits per heavy atom. The molecular formula is C56H38B2N2O4. The van der Waals surface area contributed by atoms with E-state index in [1.807, 2.05) is 72.8 Å². The van der Waals surface area contributed by atoms with E-state index < -0.39 is 0 Å². The number of para-hydroxylation sites is 4. The number of nitrogens with zero attached hydrogens (tertiary/aromatic N) is 2. The predicted octanol–water partition coefficient (Wildman–Crippen LogP) is 10.7. The second-order valence-corrected chi connectivity index (χ2v) is 17.0. The summed E-state index contributed by atoms with van der Waals surface area (Å²) in [4.78, 5) is 4.72. The summed E-state index contributed by atoms with van der Waals surface area (Å²) in [6, 6.07) is 67.6. The number of ether oxygens (including phenoxy) is 4. The highest BCUT2D eigenvalue weighted by molar-refractivity contribution is 7.02. The van der Waals surface area contributed by atoms with E-state index in [9.17, 15) is 0 Å². The second-order valence-electron chi connectivity index (χ2n) is 17.0. The zero-order valence-corrected chi connectivity index (χ0v) is 35.2. The first kappa shape index (κ1) is 36.6.